The molecule has 0 spiro atoms. The number of fused-ring (bicyclic) bond motifs is 1. The van der Waals surface area contributed by atoms with Crippen molar-refractivity contribution in [3.63, 3.8) is 0 Å². The van der Waals surface area contributed by atoms with E-state index in [0.29, 0.717) is 38.3 Å². The largest absolute Gasteiger partial charge is 0.353 e. The summed E-state index contributed by atoms with van der Waals surface area (Å²) in [5.41, 5.74) is 0. The highest BCUT2D eigenvalue weighted by Gasteiger charge is 2.46. The first kappa shape index (κ1) is 15.3. The highest BCUT2D eigenvalue weighted by Crippen LogP contribution is 2.35. The fourth-order valence-corrected chi connectivity index (χ4v) is 3.86. The molecule has 1 saturated heterocycles. The zero-order valence-corrected chi connectivity index (χ0v) is 12.9. The second kappa shape index (κ2) is 6.63. The van der Waals surface area contributed by atoms with E-state index in [1.54, 1.807) is 0 Å². The number of carbonyl (C=O) groups excluding carboxylic acids is 3. The molecule has 2 fully saturated rings. The average Bonchev–Trinajstić information content (AvgIpc) is 3.10. The van der Waals surface area contributed by atoms with Crippen LogP contribution in [0.2, 0.25) is 0 Å². The third-order valence-corrected chi connectivity index (χ3v) is 5.10. The fraction of sp³-hybridized carbons (Fsp3) is 0.706. The summed E-state index contributed by atoms with van der Waals surface area (Å²) in [5, 5.41) is 3.04. The van der Waals surface area contributed by atoms with Crippen molar-refractivity contribution in [1.29, 1.82) is 0 Å². The van der Waals surface area contributed by atoms with Crippen molar-refractivity contribution in [2.45, 2.75) is 57.4 Å². The van der Waals surface area contributed by atoms with Gasteiger partial charge in [-0.2, -0.15) is 0 Å². The van der Waals surface area contributed by atoms with Crippen molar-refractivity contribution in [2.75, 3.05) is 6.54 Å². The lowest BCUT2D eigenvalue weighted by molar-refractivity contribution is -0.140. The molecule has 0 unspecified atom stereocenters. The Hall–Kier alpha value is -1.65. The van der Waals surface area contributed by atoms with Gasteiger partial charge in [-0.1, -0.05) is 25.0 Å². The topological polar surface area (TPSA) is 66.5 Å². The van der Waals surface area contributed by atoms with Crippen LogP contribution in [-0.2, 0) is 14.4 Å². The average molecular weight is 304 g/mol. The van der Waals surface area contributed by atoms with Crippen LogP contribution in [0.5, 0.6) is 0 Å². The molecule has 5 nitrogen and oxygen atoms in total. The molecule has 3 amide bonds. The summed E-state index contributed by atoms with van der Waals surface area (Å²) in [6, 6.07) is 0.330. The Kier molecular flexibility index (Phi) is 4.60. The molecular weight excluding hydrogens is 280 g/mol. The molecule has 0 aromatic rings. The molecule has 3 rings (SSSR count). The summed E-state index contributed by atoms with van der Waals surface area (Å²) in [7, 11) is 0. The molecule has 0 radical (unpaired) electrons. The van der Waals surface area contributed by atoms with Gasteiger partial charge in [0.1, 0.15) is 0 Å². The summed E-state index contributed by atoms with van der Waals surface area (Å²) in [6.45, 7) is 0.378. The van der Waals surface area contributed by atoms with E-state index in [1.165, 1.54) is 17.7 Å². The van der Waals surface area contributed by atoms with Gasteiger partial charge in [-0.05, 0) is 32.1 Å². The van der Waals surface area contributed by atoms with Gasteiger partial charge >= 0.3 is 0 Å². The number of carbonyl (C=O) groups is 3. The van der Waals surface area contributed by atoms with Crippen LogP contribution < -0.4 is 5.32 Å². The Morgan fingerprint density at radius 1 is 1.09 bits per heavy atom. The van der Waals surface area contributed by atoms with Gasteiger partial charge in [0.25, 0.3) is 0 Å². The van der Waals surface area contributed by atoms with Gasteiger partial charge in [-0.25, -0.2) is 0 Å². The minimum Gasteiger partial charge on any atom is -0.353 e. The van der Waals surface area contributed by atoms with Gasteiger partial charge in [0.05, 0.1) is 11.8 Å². The van der Waals surface area contributed by atoms with E-state index in [1.807, 2.05) is 12.2 Å². The second-order valence-electron chi connectivity index (χ2n) is 6.64. The predicted molar refractivity (Wildman–Crippen MR) is 81.7 cm³/mol. The number of nitrogens with zero attached hydrogens (tertiary/aromatic N) is 1. The van der Waals surface area contributed by atoms with E-state index in [9.17, 15) is 14.4 Å². The standard InChI is InChI=1S/C17H24N2O3/c20-15(18-12-6-1-2-7-12)10-5-11-19-16(21)13-8-3-4-9-14(13)17(19)22/h3-4,12-14H,1-2,5-11H2,(H,18,20)/t13-,14-/m1/s1. The van der Waals surface area contributed by atoms with Crippen LogP contribution in [0, 0.1) is 11.8 Å². The highest BCUT2D eigenvalue weighted by molar-refractivity contribution is 6.05. The Balaban J connectivity index is 1.44. The van der Waals surface area contributed by atoms with E-state index in [4.69, 9.17) is 0 Å². The van der Waals surface area contributed by atoms with E-state index >= 15 is 0 Å². The predicted octanol–water partition coefficient (Wildman–Crippen LogP) is 1.78. The van der Waals surface area contributed by atoms with Crippen LogP contribution in [0.3, 0.4) is 0 Å². The molecule has 2 atom stereocenters. The van der Waals surface area contributed by atoms with Gasteiger partial charge in [-0.15, -0.1) is 0 Å². The third-order valence-electron chi connectivity index (χ3n) is 5.10. The number of rotatable bonds is 5. The molecule has 3 aliphatic rings. The SMILES string of the molecule is O=C(CCCN1C(=O)[C@@H]2CC=CC[C@H]2C1=O)NC1CCCC1. The monoisotopic (exact) mass is 304 g/mol. The van der Waals surface area contributed by atoms with E-state index in [-0.39, 0.29) is 29.6 Å². The van der Waals surface area contributed by atoms with E-state index in [0.717, 1.165) is 12.8 Å². The van der Waals surface area contributed by atoms with Crippen LogP contribution >= 0.6 is 0 Å². The van der Waals surface area contributed by atoms with Crippen LogP contribution in [0.15, 0.2) is 12.2 Å². The van der Waals surface area contributed by atoms with Crippen molar-refractivity contribution in [2.24, 2.45) is 11.8 Å². The molecule has 5 heteroatoms. The zero-order valence-electron chi connectivity index (χ0n) is 12.9. The maximum absolute atomic E-state index is 12.3. The normalized spacial score (nSPS) is 28.3. The molecule has 1 N–H and O–H groups in total. The van der Waals surface area contributed by atoms with Gasteiger partial charge < -0.3 is 5.32 Å². The Bertz CT molecular complexity index is 468. The van der Waals surface area contributed by atoms with Crippen LogP contribution in [0.1, 0.15) is 51.4 Å². The molecule has 0 aromatic heterocycles. The van der Waals surface area contributed by atoms with Crippen molar-refractivity contribution in [1.82, 2.24) is 10.2 Å². The minimum atomic E-state index is -0.162. The molecule has 1 aliphatic heterocycles. The summed E-state index contributed by atoms with van der Waals surface area (Å²) in [5.74, 6) is -0.370. The van der Waals surface area contributed by atoms with Crippen molar-refractivity contribution in [3.05, 3.63) is 12.2 Å². The number of nitrogens with one attached hydrogen (secondary N) is 1. The number of amides is 3. The lowest BCUT2D eigenvalue weighted by Gasteiger charge is -2.15. The first-order valence-corrected chi connectivity index (χ1v) is 8.46. The number of imide groups is 1. The van der Waals surface area contributed by atoms with Crippen molar-refractivity contribution < 1.29 is 14.4 Å². The number of hydrogen-bond donors (Lipinski definition) is 1. The number of hydrogen-bond acceptors (Lipinski definition) is 3. The summed E-state index contributed by atoms with van der Waals surface area (Å²) in [4.78, 5) is 37.8. The van der Waals surface area contributed by atoms with Crippen LogP contribution in [0.25, 0.3) is 0 Å². The van der Waals surface area contributed by atoms with Crippen LogP contribution in [0.4, 0.5) is 0 Å². The van der Waals surface area contributed by atoms with Crippen LogP contribution in [-0.4, -0.2) is 35.2 Å². The first-order chi connectivity index (χ1) is 10.7. The van der Waals surface area contributed by atoms with Crippen molar-refractivity contribution in [3.8, 4) is 0 Å². The maximum Gasteiger partial charge on any atom is 0.233 e. The van der Waals surface area contributed by atoms with Gasteiger partial charge in [0.2, 0.25) is 17.7 Å². The quantitative estimate of drug-likeness (QED) is 0.622. The zero-order chi connectivity index (χ0) is 15.5. The smallest absolute Gasteiger partial charge is 0.233 e. The van der Waals surface area contributed by atoms with Crippen molar-refractivity contribution >= 4 is 17.7 Å². The summed E-state index contributed by atoms with van der Waals surface area (Å²) in [6.07, 6.45) is 10.8. The molecule has 0 aromatic carbocycles. The lowest BCUT2D eigenvalue weighted by Crippen LogP contribution is -2.35. The van der Waals surface area contributed by atoms with E-state index in [2.05, 4.69) is 5.32 Å². The molecule has 1 heterocycles. The minimum absolute atomic E-state index is 0.0458. The maximum atomic E-state index is 12.3. The fourth-order valence-electron chi connectivity index (χ4n) is 3.86. The second-order valence-corrected chi connectivity index (χ2v) is 6.64. The molecule has 0 bridgehead atoms. The third kappa shape index (κ3) is 3.08. The summed E-state index contributed by atoms with van der Waals surface area (Å²) < 4.78 is 0. The lowest BCUT2D eigenvalue weighted by atomic mass is 9.85. The number of allylic oxidation sites excluding steroid dienone is 2. The van der Waals surface area contributed by atoms with Gasteiger partial charge in [-0.3, -0.25) is 19.3 Å². The molecule has 1 saturated carbocycles. The molecule has 22 heavy (non-hydrogen) atoms. The number of likely N-dealkylation sites (tertiary alicyclic amines) is 1. The van der Waals surface area contributed by atoms with Gasteiger partial charge in [0, 0.05) is 19.0 Å². The van der Waals surface area contributed by atoms with Gasteiger partial charge in [0.15, 0.2) is 0 Å². The molecular formula is C17H24N2O3. The van der Waals surface area contributed by atoms with E-state index < -0.39 is 0 Å². The molecule has 120 valence electrons. The Labute approximate surface area is 131 Å². The Morgan fingerprint density at radius 3 is 2.27 bits per heavy atom. The highest BCUT2D eigenvalue weighted by atomic mass is 16.2. The molecule has 2 aliphatic carbocycles. The first-order valence-electron chi connectivity index (χ1n) is 8.46. The Morgan fingerprint density at radius 2 is 1.68 bits per heavy atom. The summed E-state index contributed by atoms with van der Waals surface area (Å²) >= 11 is 0.